The van der Waals surface area contributed by atoms with Gasteiger partial charge in [-0.05, 0) is 50.1 Å². The van der Waals surface area contributed by atoms with Crippen molar-refractivity contribution in [1.82, 2.24) is 25.4 Å². The fraction of sp³-hybridized carbons (Fsp3) is 0.609. The fourth-order valence-electron chi connectivity index (χ4n) is 4.10. The Labute approximate surface area is 203 Å². The number of fused-ring (bicyclic) bond motifs is 1. The van der Waals surface area contributed by atoms with E-state index in [4.69, 9.17) is 4.99 Å². The molecule has 2 heterocycles. The van der Waals surface area contributed by atoms with Gasteiger partial charge in [-0.1, -0.05) is 13.8 Å². The van der Waals surface area contributed by atoms with E-state index >= 15 is 0 Å². The van der Waals surface area contributed by atoms with Crippen molar-refractivity contribution in [3.8, 4) is 0 Å². The molecule has 8 heteroatoms. The topological polar surface area (TPSA) is 58.7 Å². The number of benzene rings is 1. The number of nitrogens with zero attached hydrogens (tertiary/aromatic N) is 3. The second kappa shape index (κ2) is 12.6. The molecule has 1 fully saturated rings. The number of hydrogen-bond donors (Lipinski definition) is 3. The number of guanidine groups is 1. The molecule has 1 aliphatic rings. The third-order valence-corrected chi connectivity index (χ3v) is 5.97. The second-order valence-electron chi connectivity index (χ2n) is 8.55. The van der Waals surface area contributed by atoms with Crippen molar-refractivity contribution in [1.29, 1.82) is 0 Å². The molecule has 1 atom stereocenters. The Bertz CT molecular complexity index is 829. The highest BCUT2D eigenvalue weighted by atomic mass is 127. The largest absolute Gasteiger partial charge is 0.361 e. The Morgan fingerprint density at radius 3 is 2.61 bits per heavy atom. The molecule has 0 bridgehead atoms. The molecule has 0 saturated carbocycles. The number of rotatable bonds is 8. The molecule has 6 nitrogen and oxygen atoms in total. The zero-order chi connectivity index (χ0) is 21.5. The van der Waals surface area contributed by atoms with Crippen LogP contribution in [-0.2, 0) is 6.42 Å². The van der Waals surface area contributed by atoms with Crippen LogP contribution in [0.3, 0.4) is 0 Å². The van der Waals surface area contributed by atoms with E-state index in [2.05, 4.69) is 53.2 Å². The maximum Gasteiger partial charge on any atom is 0.191 e. The van der Waals surface area contributed by atoms with E-state index in [1.54, 1.807) is 12.1 Å². The second-order valence-corrected chi connectivity index (χ2v) is 8.55. The molecule has 1 aliphatic heterocycles. The smallest absolute Gasteiger partial charge is 0.191 e. The van der Waals surface area contributed by atoms with Crippen molar-refractivity contribution in [3.05, 3.63) is 35.8 Å². The molecule has 174 valence electrons. The van der Waals surface area contributed by atoms with Gasteiger partial charge in [0.25, 0.3) is 0 Å². The molecule has 2 aromatic rings. The molecular weight excluding hydrogens is 506 g/mol. The molecule has 1 saturated heterocycles. The molecule has 0 spiro atoms. The maximum atomic E-state index is 13.6. The van der Waals surface area contributed by atoms with Gasteiger partial charge in [0.2, 0.25) is 0 Å². The summed E-state index contributed by atoms with van der Waals surface area (Å²) >= 11 is 0. The quantitative estimate of drug-likeness (QED) is 0.271. The van der Waals surface area contributed by atoms with E-state index in [0.717, 1.165) is 74.7 Å². The third kappa shape index (κ3) is 7.32. The van der Waals surface area contributed by atoms with Gasteiger partial charge in [0.05, 0.1) is 6.54 Å². The van der Waals surface area contributed by atoms with Crippen LogP contribution in [0.15, 0.2) is 29.4 Å². The Morgan fingerprint density at radius 1 is 1.19 bits per heavy atom. The van der Waals surface area contributed by atoms with E-state index in [1.807, 2.05) is 6.20 Å². The van der Waals surface area contributed by atoms with Gasteiger partial charge in [-0.2, -0.15) is 0 Å². The van der Waals surface area contributed by atoms with Crippen LogP contribution < -0.4 is 10.6 Å². The monoisotopic (exact) mass is 544 g/mol. The summed E-state index contributed by atoms with van der Waals surface area (Å²) in [6.45, 7) is 13.5. The standard InChI is InChI=1S/C23H37FN6.HI/c1-5-25-23(28-16-22(17(2)3)30-12-10-29(4)11-13-30)26-9-8-18-15-27-21-7-6-19(24)14-20(18)21;/h6-7,14-15,17,22,27H,5,8-13,16H2,1-4H3,(H2,25,26,28);1H. The Morgan fingerprint density at radius 2 is 1.94 bits per heavy atom. The lowest BCUT2D eigenvalue weighted by molar-refractivity contribution is 0.0925. The van der Waals surface area contributed by atoms with Gasteiger partial charge >= 0.3 is 0 Å². The normalized spacial score (nSPS) is 17.0. The average molecular weight is 545 g/mol. The van der Waals surface area contributed by atoms with Gasteiger partial charge in [-0.25, -0.2) is 4.39 Å². The van der Waals surface area contributed by atoms with Crippen molar-refractivity contribution in [2.24, 2.45) is 10.9 Å². The first kappa shape index (κ1) is 25.9. The minimum atomic E-state index is -0.199. The first-order chi connectivity index (χ1) is 14.5. The SMILES string of the molecule is CCNC(=NCC(C(C)C)N1CCN(C)CC1)NCCc1c[nH]c2ccc(F)cc12.I. The summed E-state index contributed by atoms with van der Waals surface area (Å²) in [5.74, 6) is 1.21. The summed E-state index contributed by atoms with van der Waals surface area (Å²) < 4.78 is 13.6. The van der Waals surface area contributed by atoms with Crippen LogP contribution in [-0.4, -0.2) is 79.6 Å². The zero-order valence-corrected chi connectivity index (χ0v) is 21.6. The van der Waals surface area contributed by atoms with Gasteiger partial charge in [-0.3, -0.25) is 9.89 Å². The minimum Gasteiger partial charge on any atom is -0.361 e. The summed E-state index contributed by atoms with van der Waals surface area (Å²) in [5, 5.41) is 7.76. The van der Waals surface area contributed by atoms with Crippen LogP contribution in [0.4, 0.5) is 4.39 Å². The van der Waals surface area contributed by atoms with Crippen LogP contribution in [0.2, 0.25) is 0 Å². The number of aromatic nitrogens is 1. The minimum absolute atomic E-state index is 0. The van der Waals surface area contributed by atoms with Gasteiger partial charge < -0.3 is 20.5 Å². The summed E-state index contributed by atoms with van der Waals surface area (Å²) in [6, 6.07) is 5.33. The average Bonchev–Trinajstić information content (AvgIpc) is 3.11. The molecule has 1 unspecified atom stereocenters. The van der Waals surface area contributed by atoms with Gasteiger partial charge in [0, 0.05) is 62.4 Å². The number of hydrogen-bond acceptors (Lipinski definition) is 3. The van der Waals surface area contributed by atoms with Crippen LogP contribution in [0.5, 0.6) is 0 Å². The number of H-pyrrole nitrogens is 1. The summed E-state index contributed by atoms with van der Waals surface area (Å²) in [7, 11) is 2.19. The molecule has 0 amide bonds. The van der Waals surface area contributed by atoms with E-state index in [9.17, 15) is 4.39 Å². The molecule has 1 aromatic carbocycles. The van der Waals surface area contributed by atoms with Crippen LogP contribution in [0.25, 0.3) is 10.9 Å². The van der Waals surface area contributed by atoms with E-state index in [0.29, 0.717) is 12.0 Å². The number of aliphatic imine (C=N–C) groups is 1. The van der Waals surface area contributed by atoms with Crippen molar-refractivity contribution in [3.63, 3.8) is 0 Å². The third-order valence-electron chi connectivity index (χ3n) is 5.97. The number of piperazine rings is 1. The van der Waals surface area contributed by atoms with Crippen molar-refractivity contribution in [2.75, 3.05) is 52.9 Å². The number of nitrogens with one attached hydrogen (secondary N) is 3. The molecule has 3 rings (SSSR count). The summed E-state index contributed by atoms with van der Waals surface area (Å²) in [4.78, 5) is 13.1. The van der Waals surface area contributed by atoms with Gasteiger partial charge in [0.15, 0.2) is 5.96 Å². The molecule has 3 N–H and O–H groups in total. The molecule has 0 aliphatic carbocycles. The first-order valence-corrected chi connectivity index (χ1v) is 11.2. The number of halogens is 2. The van der Waals surface area contributed by atoms with E-state index < -0.39 is 0 Å². The lowest BCUT2D eigenvalue weighted by Crippen LogP contribution is -2.52. The van der Waals surface area contributed by atoms with Crippen molar-refractivity contribution in [2.45, 2.75) is 33.2 Å². The highest BCUT2D eigenvalue weighted by molar-refractivity contribution is 14.0. The molecular formula is C23H38FIN6. The van der Waals surface area contributed by atoms with Crippen molar-refractivity contribution < 1.29 is 4.39 Å². The predicted molar refractivity (Wildman–Crippen MR) is 139 cm³/mol. The molecule has 31 heavy (non-hydrogen) atoms. The maximum absolute atomic E-state index is 13.6. The predicted octanol–water partition coefficient (Wildman–Crippen LogP) is 3.29. The number of aromatic amines is 1. The summed E-state index contributed by atoms with van der Waals surface area (Å²) in [6.07, 6.45) is 2.78. The first-order valence-electron chi connectivity index (χ1n) is 11.2. The van der Waals surface area contributed by atoms with Crippen LogP contribution in [0, 0.1) is 11.7 Å². The lowest BCUT2D eigenvalue weighted by Gasteiger charge is -2.39. The fourth-order valence-corrected chi connectivity index (χ4v) is 4.10. The Hall–Kier alpha value is -1.39. The Kier molecular flexibility index (Phi) is 10.5. The van der Waals surface area contributed by atoms with Crippen molar-refractivity contribution >= 4 is 40.8 Å². The van der Waals surface area contributed by atoms with E-state index in [-0.39, 0.29) is 29.8 Å². The highest BCUT2D eigenvalue weighted by Crippen LogP contribution is 2.19. The summed E-state index contributed by atoms with van der Waals surface area (Å²) in [5.41, 5.74) is 2.09. The van der Waals surface area contributed by atoms with Crippen LogP contribution >= 0.6 is 24.0 Å². The lowest BCUT2D eigenvalue weighted by atomic mass is 10.0. The zero-order valence-electron chi connectivity index (χ0n) is 19.2. The molecule has 0 radical (unpaired) electrons. The Balaban J connectivity index is 0.00000341. The van der Waals surface area contributed by atoms with Crippen LogP contribution in [0.1, 0.15) is 26.3 Å². The number of likely N-dealkylation sites (N-methyl/N-ethyl adjacent to an activating group) is 1. The highest BCUT2D eigenvalue weighted by Gasteiger charge is 2.24. The molecule has 1 aromatic heterocycles. The van der Waals surface area contributed by atoms with Gasteiger partial charge in [-0.15, -0.1) is 24.0 Å². The van der Waals surface area contributed by atoms with Gasteiger partial charge in [0.1, 0.15) is 5.82 Å². The van der Waals surface area contributed by atoms with E-state index in [1.165, 1.54) is 6.07 Å².